The molecule has 3 rings (SSSR count). The van der Waals surface area contributed by atoms with E-state index in [1.165, 1.54) is 24.1 Å². The molecular weight excluding hydrogens is 481 g/mol. The van der Waals surface area contributed by atoms with Gasteiger partial charge in [0.05, 0.1) is 17.7 Å². The lowest BCUT2D eigenvalue weighted by Crippen LogP contribution is -2.39. The van der Waals surface area contributed by atoms with Crippen LogP contribution in [-0.4, -0.2) is 60.8 Å². The molecule has 0 bridgehead atoms. The molecule has 186 valence electrons. The Balaban J connectivity index is 1.83. The Morgan fingerprint density at radius 2 is 1.78 bits per heavy atom. The first-order chi connectivity index (χ1) is 16.9. The Hall–Kier alpha value is -4.66. The average Bonchev–Trinajstić information content (AvgIpc) is 2.91. The number of anilines is 1. The maximum Gasteiger partial charge on any atom is 0.491 e. The number of carbonyl (C=O) groups is 4. The molecule has 1 aliphatic heterocycles. The molecule has 1 heterocycles. The predicted octanol–water partition coefficient (Wildman–Crippen LogP) is 1.81. The van der Waals surface area contributed by atoms with Crippen LogP contribution < -0.4 is 10.6 Å². The minimum Gasteiger partial charge on any atom is -0.386 e. The van der Waals surface area contributed by atoms with Gasteiger partial charge in [0, 0.05) is 30.3 Å². The number of ether oxygens (including phenoxy) is 1. The van der Waals surface area contributed by atoms with Crippen LogP contribution in [0.15, 0.2) is 42.5 Å². The molecule has 0 saturated carbocycles. The summed E-state index contributed by atoms with van der Waals surface area (Å²) in [6, 6.07) is 11.3. The number of nitrogen functional groups attached to an aromatic ring is 1. The first-order valence-corrected chi connectivity index (χ1v) is 10.3. The van der Waals surface area contributed by atoms with Gasteiger partial charge in [0.15, 0.2) is 0 Å². The molecule has 0 spiro atoms. The van der Waals surface area contributed by atoms with Crippen molar-refractivity contribution in [1.82, 2.24) is 4.90 Å². The molecule has 36 heavy (non-hydrogen) atoms. The monoisotopic (exact) mass is 500 g/mol. The highest BCUT2D eigenvalue weighted by Gasteiger charge is 2.42. The number of amidine groups is 1. The molecule has 9 nitrogen and oxygen atoms in total. The SMILES string of the molecule is CN1C(=O)CN(CCC(=O)OC(=O)C(F)(F)F)C(=O)c2cc(C#Cc3cccc(C(=N)N)c3)ccc21. The molecule has 0 aliphatic carbocycles. The number of benzene rings is 2. The van der Waals surface area contributed by atoms with Crippen molar-refractivity contribution in [2.24, 2.45) is 5.73 Å². The maximum atomic E-state index is 13.1. The summed E-state index contributed by atoms with van der Waals surface area (Å²) < 4.78 is 40.6. The number of fused-ring (bicyclic) bond motifs is 1. The average molecular weight is 500 g/mol. The van der Waals surface area contributed by atoms with E-state index in [1.54, 1.807) is 30.3 Å². The van der Waals surface area contributed by atoms with Gasteiger partial charge in [-0.15, -0.1) is 0 Å². The zero-order valence-corrected chi connectivity index (χ0v) is 18.8. The Morgan fingerprint density at radius 3 is 2.42 bits per heavy atom. The molecule has 0 unspecified atom stereocenters. The maximum absolute atomic E-state index is 13.1. The van der Waals surface area contributed by atoms with E-state index in [0.717, 1.165) is 4.90 Å². The van der Waals surface area contributed by atoms with Crippen LogP contribution in [0.2, 0.25) is 0 Å². The van der Waals surface area contributed by atoms with Gasteiger partial charge < -0.3 is 20.3 Å². The minimum atomic E-state index is -5.34. The van der Waals surface area contributed by atoms with E-state index in [1.807, 2.05) is 0 Å². The molecule has 2 aromatic rings. The van der Waals surface area contributed by atoms with Crippen LogP contribution in [0.1, 0.15) is 33.5 Å². The zero-order chi connectivity index (χ0) is 26.6. The standard InChI is InChI=1S/C24H19F3N4O5/c1-30-18-8-7-15(6-5-14-3-2-4-16(11-14)21(28)29)12-17(18)22(34)31(13-19(30)32)10-9-20(33)36-23(35)24(25,26)27/h2-4,7-8,11-12H,9-10,13H2,1H3,(H3,28,29). The Morgan fingerprint density at radius 1 is 1.11 bits per heavy atom. The third-order valence-electron chi connectivity index (χ3n) is 5.12. The lowest BCUT2D eigenvalue weighted by atomic mass is 10.1. The van der Waals surface area contributed by atoms with E-state index in [2.05, 4.69) is 16.6 Å². The Bertz CT molecular complexity index is 1330. The van der Waals surface area contributed by atoms with Gasteiger partial charge in [0.1, 0.15) is 12.4 Å². The number of nitrogens with two attached hydrogens (primary N) is 1. The minimum absolute atomic E-state index is 0.0902. The number of hydrogen-bond donors (Lipinski definition) is 2. The number of nitrogens with one attached hydrogen (secondary N) is 1. The fourth-order valence-corrected chi connectivity index (χ4v) is 3.25. The largest absolute Gasteiger partial charge is 0.491 e. The van der Waals surface area contributed by atoms with Crippen LogP contribution in [0.25, 0.3) is 0 Å². The molecule has 2 aromatic carbocycles. The van der Waals surface area contributed by atoms with E-state index in [4.69, 9.17) is 11.1 Å². The second-order valence-electron chi connectivity index (χ2n) is 7.67. The number of halogens is 3. The summed E-state index contributed by atoms with van der Waals surface area (Å²) in [7, 11) is 1.45. The number of carbonyl (C=O) groups excluding carboxylic acids is 4. The van der Waals surface area contributed by atoms with Gasteiger partial charge in [0.25, 0.3) is 5.91 Å². The topological polar surface area (TPSA) is 134 Å². The van der Waals surface area contributed by atoms with Gasteiger partial charge >= 0.3 is 18.1 Å². The number of alkyl halides is 3. The molecule has 0 saturated heterocycles. The summed E-state index contributed by atoms with van der Waals surface area (Å²) in [4.78, 5) is 50.4. The lowest BCUT2D eigenvalue weighted by Gasteiger charge is -2.19. The summed E-state index contributed by atoms with van der Waals surface area (Å²) >= 11 is 0. The van der Waals surface area contributed by atoms with Gasteiger partial charge in [-0.05, 0) is 30.3 Å². The fraction of sp³-hybridized carbons (Fsp3) is 0.208. The third kappa shape index (κ3) is 6.06. The fourth-order valence-electron chi connectivity index (χ4n) is 3.25. The highest BCUT2D eigenvalue weighted by Crippen LogP contribution is 2.26. The van der Waals surface area contributed by atoms with Crippen molar-refractivity contribution in [1.29, 1.82) is 5.41 Å². The van der Waals surface area contributed by atoms with E-state index in [0.29, 0.717) is 16.7 Å². The second kappa shape index (κ2) is 10.3. The predicted molar refractivity (Wildman–Crippen MR) is 121 cm³/mol. The van der Waals surface area contributed by atoms with E-state index in [9.17, 15) is 32.3 Å². The molecule has 0 aromatic heterocycles. The van der Waals surface area contributed by atoms with Crippen LogP contribution in [0, 0.1) is 17.3 Å². The molecule has 0 fully saturated rings. The number of esters is 2. The number of nitrogens with zero attached hydrogens (tertiary/aromatic N) is 2. The highest BCUT2D eigenvalue weighted by atomic mass is 19.4. The van der Waals surface area contributed by atoms with Gasteiger partial charge in [-0.2, -0.15) is 13.2 Å². The van der Waals surface area contributed by atoms with E-state index < -0.39 is 49.4 Å². The van der Waals surface area contributed by atoms with Gasteiger partial charge in [-0.1, -0.05) is 24.0 Å². The number of likely N-dealkylation sites (N-methyl/N-ethyl adjacent to an activating group) is 1. The Kier molecular flexibility index (Phi) is 7.43. The highest BCUT2D eigenvalue weighted by molar-refractivity contribution is 6.09. The van der Waals surface area contributed by atoms with Gasteiger partial charge in [-0.25, -0.2) is 4.79 Å². The number of hydrogen-bond acceptors (Lipinski definition) is 6. The molecule has 0 atom stereocenters. The summed E-state index contributed by atoms with van der Waals surface area (Å²) in [5.41, 5.74) is 7.35. The van der Waals surface area contributed by atoms with Crippen LogP contribution in [0.3, 0.4) is 0 Å². The number of amides is 2. The van der Waals surface area contributed by atoms with Crippen molar-refractivity contribution in [3.05, 3.63) is 64.7 Å². The molecular formula is C24H19F3N4O5. The van der Waals surface area contributed by atoms with Crippen molar-refractivity contribution < 1.29 is 37.1 Å². The molecule has 2 amide bonds. The first-order valence-electron chi connectivity index (χ1n) is 10.3. The molecule has 0 radical (unpaired) electrons. The van der Waals surface area contributed by atoms with Crippen LogP contribution in [0.4, 0.5) is 18.9 Å². The van der Waals surface area contributed by atoms with Crippen LogP contribution >= 0.6 is 0 Å². The van der Waals surface area contributed by atoms with Crippen molar-refractivity contribution >= 4 is 35.3 Å². The van der Waals surface area contributed by atoms with Crippen molar-refractivity contribution in [3.8, 4) is 11.8 Å². The van der Waals surface area contributed by atoms with E-state index >= 15 is 0 Å². The second-order valence-corrected chi connectivity index (χ2v) is 7.67. The van der Waals surface area contributed by atoms with Gasteiger partial charge in [0.2, 0.25) is 5.91 Å². The van der Waals surface area contributed by atoms with Crippen LogP contribution in [-0.2, 0) is 19.1 Å². The Labute approximate surface area is 203 Å². The summed E-state index contributed by atoms with van der Waals surface area (Å²) in [5, 5.41) is 7.51. The first kappa shape index (κ1) is 26.0. The normalized spacial score (nSPS) is 13.3. The zero-order valence-electron chi connectivity index (χ0n) is 18.8. The summed E-state index contributed by atoms with van der Waals surface area (Å²) in [6.07, 6.45) is -6.07. The summed E-state index contributed by atoms with van der Waals surface area (Å²) in [5.74, 6) is 0.383. The van der Waals surface area contributed by atoms with E-state index in [-0.39, 0.29) is 17.1 Å². The third-order valence-corrected chi connectivity index (χ3v) is 5.12. The van der Waals surface area contributed by atoms with Crippen molar-refractivity contribution in [2.45, 2.75) is 12.6 Å². The molecule has 12 heteroatoms. The van der Waals surface area contributed by atoms with Gasteiger partial charge in [-0.3, -0.25) is 19.8 Å². The van der Waals surface area contributed by atoms with Crippen LogP contribution in [0.5, 0.6) is 0 Å². The molecule has 1 aliphatic rings. The van der Waals surface area contributed by atoms with Crippen molar-refractivity contribution in [3.63, 3.8) is 0 Å². The van der Waals surface area contributed by atoms with Crippen molar-refractivity contribution in [2.75, 3.05) is 25.0 Å². The summed E-state index contributed by atoms with van der Waals surface area (Å²) in [6.45, 7) is -0.890. The molecule has 3 N–H and O–H groups in total. The smallest absolute Gasteiger partial charge is 0.386 e. The lowest BCUT2D eigenvalue weighted by molar-refractivity contribution is -0.201. The quantitative estimate of drug-likeness (QED) is 0.216. The number of rotatable bonds is 4.